The maximum atomic E-state index is 12.5. The highest BCUT2D eigenvalue weighted by atomic mass is 32.2. The molecule has 0 aliphatic rings. The van der Waals surface area contributed by atoms with Gasteiger partial charge < -0.3 is 4.98 Å². The van der Waals surface area contributed by atoms with Gasteiger partial charge in [0.15, 0.2) is 5.16 Å². The van der Waals surface area contributed by atoms with E-state index < -0.39 is 10.8 Å². The second-order valence-electron chi connectivity index (χ2n) is 6.42. The highest BCUT2D eigenvalue weighted by molar-refractivity contribution is 8.00. The fourth-order valence-corrected chi connectivity index (χ4v) is 3.91. The van der Waals surface area contributed by atoms with Crippen LogP contribution in [-0.4, -0.2) is 31.3 Å². The first-order valence-corrected chi connectivity index (χ1v) is 10.5. The fraction of sp³-hybridized carbons (Fsp3) is 0.263. The highest BCUT2D eigenvalue weighted by Gasteiger charge is 2.20. The molecule has 3 rings (SSSR count). The highest BCUT2D eigenvalue weighted by Crippen LogP contribution is 2.26. The minimum atomic E-state index is -0.555. The normalized spacial score (nSPS) is 11.8. The molecule has 0 saturated carbocycles. The lowest BCUT2D eigenvalue weighted by molar-refractivity contribution is -0.115. The number of benzene rings is 1. The van der Waals surface area contributed by atoms with Crippen LogP contribution >= 0.6 is 23.1 Å². The predicted octanol–water partition coefficient (Wildman–Crippen LogP) is 3.40. The Morgan fingerprint density at radius 1 is 1.24 bits per heavy atom. The number of hydrogen-bond donors (Lipinski definition) is 2. The number of nitrogens with zero attached hydrogens (tertiary/aromatic N) is 4. The van der Waals surface area contributed by atoms with Crippen molar-refractivity contribution in [3.8, 4) is 17.3 Å². The Labute approximate surface area is 175 Å². The van der Waals surface area contributed by atoms with Crippen molar-refractivity contribution in [2.75, 3.05) is 5.32 Å². The lowest BCUT2D eigenvalue weighted by atomic mass is 10.1. The zero-order valence-electron chi connectivity index (χ0n) is 16.0. The summed E-state index contributed by atoms with van der Waals surface area (Å²) in [5, 5.41) is 21.1. The third kappa shape index (κ3) is 4.88. The van der Waals surface area contributed by atoms with Crippen LogP contribution in [0.2, 0.25) is 0 Å². The second kappa shape index (κ2) is 8.98. The number of thioether (sulfide) groups is 1. The van der Waals surface area contributed by atoms with E-state index in [9.17, 15) is 14.9 Å². The number of nitriles is 1. The molecule has 0 unspecified atom stereocenters. The summed E-state index contributed by atoms with van der Waals surface area (Å²) < 4.78 is 0. The molecule has 1 atom stereocenters. The van der Waals surface area contributed by atoms with Gasteiger partial charge in [-0.25, -0.2) is 4.98 Å². The Kier molecular flexibility index (Phi) is 6.41. The zero-order chi connectivity index (χ0) is 21.0. The first-order valence-electron chi connectivity index (χ1n) is 8.79. The largest absolute Gasteiger partial charge is 0.300 e. The topological polar surface area (TPSA) is 124 Å². The standard InChI is InChI=1S/C19H18N6O2S2/c1-10(2)17-24-25-19(29-17)22-15(26)11(3)28-18-21-14(12-7-5-4-6-8-12)13(9-20)16(27)23-18/h4-8,10-11H,1-3H3,(H,21,23,27)(H,22,25,26)/t11-/m0/s1. The third-order valence-corrected chi connectivity index (χ3v) is 6.00. The first kappa shape index (κ1) is 20.7. The summed E-state index contributed by atoms with van der Waals surface area (Å²) in [5.41, 5.74) is 0.344. The quantitative estimate of drug-likeness (QED) is 0.457. The number of amides is 1. The molecule has 2 aromatic heterocycles. The van der Waals surface area contributed by atoms with E-state index in [4.69, 9.17) is 0 Å². The number of H-pyrrole nitrogens is 1. The molecule has 0 saturated heterocycles. The molecule has 0 fully saturated rings. The van der Waals surface area contributed by atoms with Crippen molar-refractivity contribution >= 4 is 34.1 Å². The molecule has 1 aromatic carbocycles. The number of rotatable bonds is 6. The van der Waals surface area contributed by atoms with E-state index in [1.165, 1.54) is 11.3 Å². The van der Waals surface area contributed by atoms with E-state index in [0.29, 0.717) is 10.7 Å². The van der Waals surface area contributed by atoms with Crippen molar-refractivity contribution in [2.45, 2.75) is 37.1 Å². The van der Waals surface area contributed by atoms with Gasteiger partial charge in [-0.15, -0.1) is 10.2 Å². The molecule has 0 bridgehead atoms. The van der Waals surface area contributed by atoms with Crippen molar-refractivity contribution in [1.82, 2.24) is 20.2 Å². The third-order valence-electron chi connectivity index (χ3n) is 3.88. The number of nitrogens with one attached hydrogen (secondary N) is 2. The monoisotopic (exact) mass is 426 g/mol. The average Bonchev–Trinajstić information content (AvgIpc) is 3.17. The average molecular weight is 427 g/mol. The molecule has 10 heteroatoms. The van der Waals surface area contributed by atoms with Gasteiger partial charge in [0.1, 0.15) is 16.6 Å². The van der Waals surface area contributed by atoms with Crippen LogP contribution in [-0.2, 0) is 4.79 Å². The van der Waals surface area contributed by atoms with Gasteiger partial charge in [0.2, 0.25) is 11.0 Å². The van der Waals surface area contributed by atoms with Crippen molar-refractivity contribution in [3.63, 3.8) is 0 Å². The van der Waals surface area contributed by atoms with Crippen LogP contribution in [0.25, 0.3) is 11.3 Å². The molecule has 0 radical (unpaired) electrons. The number of hydrogen-bond acceptors (Lipinski definition) is 8. The Bertz CT molecular complexity index is 1120. The summed E-state index contributed by atoms with van der Waals surface area (Å²) in [7, 11) is 0. The number of carbonyl (C=O) groups is 1. The van der Waals surface area contributed by atoms with Crippen molar-refractivity contribution in [2.24, 2.45) is 0 Å². The van der Waals surface area contributed by atoms with Crippen molar-refractivity contribution in [3.05, 3.63) is 51.3 Å². The van der Waals surface area contributed by atoms with Crippen LogP contribution in [0.1, 0.15) is 37.3 Å². The van der Waals surface area contributed by atoms with Gasteiger partial charge in [0.05, 0.1) is 10.9 Å². The van der Waals surface area contributed by atoms with E-state index >= 15 is 0 Å². The number of carbonyl (C=O) groups excluding carboxylic acids is 1. The van der Waals surface area contributed by atoms with E-state index in [2.05, 4.69) is 25.5 Å². The fourth-order valence-electron chi connectivity index (χ4n) is 2.36. The number of anilines is 1. The molecule has 8 nitrogen and oxygen atoms in total. The molecule has 1 amide bonds. The number of aromatic nitrogens is 4. The molecule has 0 spiro atoms. The summed E-state index contributed by atoms with van der Waals surface area (Å²) in [6.45, 7) is 5.70. The molecule has 2 N–H and O–H groups in total. The van der Waals surface area contributed by atoms with Crippen LogP contribution in [0, 0.1) is 11.3 Å². The van der Waals surface area contributed by atoms with Gasteiger partial charge in [-0.1, -0.05) is 67.3 Å². The molecule has 2 heterocycles. The minimum Gasteiger partial charge on any atom is -0.300 e. The van der Waals surface area contributed by atoms with Crippen LogP contribution in [0.15, 0.2) is 40.3 Å². The Balaban J connectivity index is 1.80. The molecule has 29 heavy (non-hydrogen) atoms. The van der Waals surface area contributed by atoms with Crippen LogP contribution in [0.4, 0.5) is 5.13 Å². The SMILES string of the molecule is CC(C)c1nnc(NC(=O)[C@H](C)Sc2nc(-c3ccccc3)c(C#N)c(=O)[nH]2)s1. The predicted molar refractivity (Wildman–Crippen MR) is 113 cm³/mol. The smallest absolute Gasteiger partial charge is 0.270 e. The Hall–Kier alpha value is -3.03. The van der Waals surface area contributed by atoms with Crippen molar-refractivity contribution < 1.29 is 4.79 Å². The lowest BCUT2D eigenvalue weighted by Crippen LogP contribution is -2.23. The van der Waals surface area contributed by atoms with Gasteiger partial charge in [0, 0.05) is 11.5 Å². The summed E-state index contributed by atoms with van der Waals surface area (Å²) in [4.78, 5) is 31.8. The maximum Gasteiger partial charge on any atom is 0.270 e. The van der Waals surface area contributed by atoms with Gasteiger partial charge in [0.25, 0.3) is 5.56 Å². The van der Waals surface area contributed by atoms with Gasteiger partial charge in [-0.2, -0.15) is 5.26 Å². The van der Waals surface area contributed by atoms with E-state index in [-0.39, 0.29) is 28.2 Å². The molecule has 0 aliphatic heterocycles. The van der Waals surface area contributed by atoms with Crippen LogP contribution < -0.4 is 10.9 Å². The van der Waals surface area contributed by atoms with Gasteiger partial charge in [-0.3, -0.25) is 14.9 Å². The Morgan fingerprint density at radius 2 is 1.97 bits per heavy atom. The maximum absolute atomic E-state index is 12.5. The number of aromatic amines is 1. The summed E-state index contributed by atoms with van der Waals surface area (Å²) in [6, 6.07) is 10.9. The minimum absolute atomic E-state index is 0.0623. The van der Waals surface area contributed by atoms with Gasteiger partial charge in [-0.05, 0) is 6.92 Å². The van der Waals surface area contributed by atoms with E-state index in [0.717, 1.165) is 16.8 Å². The first-order chi connectivity index (χ1) is 13.9. The molecule has 0 aliphatic carbocycles. The molecule has 148 valence electrons. The Morgan fingerprint density at radius 3 is 2.59 bits per heavy atom. The molecular formula is C19H18N6O2S2. The zero-order valence-corrected chi connectivity index (χ0v) is 17.6. The summed E-state index contributed by atoms with van der Waals surface area (Å²) in [6.07, 6.45) is 0. The van der Waals surface area contributed by atoms with Gasteiger partial charge >= 0.3 is 0 Å². The van der Waals surface area contributed by atoms with Crippen LogP contribution in [0.3, 0.4) is 0 Å². The van der Waals surface area contributed by atoms with Crippen molar-refractivity contribution in [1.29, 1.82) is 5.26 Å². The lowest BCUT2D eigenvalue weighted by Gasteiger charge is -2.11. The second-order valence-corrected chi connectivity index (χ2v) is 8.76. The summed E-state index contributed by atoms with van der Waals surface area (Å²) >= 11 is 2.42. The summed E-state index contributed by atoms with van der Waals surface area (Å²) in [5.74, 6) is -0.0518. The van der Waals surface area contributed by atoms with E-state index in [1.54, 1.807) is 31.2 Å². The molecular weight excluding hydrogens is 408 g/mol. The van der Waals surface area contributed by atoms with E-state index in [1.807, 2.05) is 26.0 Å². The molecule has 3 aromatic rings. The van der Waals surface area contributed by atoms with Crippen LogP contribution in [0.5, 0.6) is 0 Å².